The molecule has 1 amide bonds. The van der Waals surface area contributed by atoms with Crippen molar-refractivity contribution in [3.05, 3.63) is 35.6 Å². The van der Waals surface area contributed by atoms with Crippen LogP contribution in [-0.4, -0.2) is 30.0 Å². The number of ether oxygens (including phenoxy) is 1. The van der Waals surface area contributed by atoms with Gasteiger partial charge in [0.05, 0.1) is 6.61 Å². The molecular formula is C19H30FNO3. The standard InChI is InChI=1S/C19H30FNO3/c1-14(2)10-19(13-22,11-15-8-6-7-9-16(15)20)12-21-17(23)24-18(3,4)5/h6-9,14,22H,10-13H2,1-5H3,(H,21,23). The molecule has 1 aromatic carbocycles. The Balaban J connectivity index is 2.89. The molecular weight excluding hydrogens is 309 g/mol. The maximum atomic E-state index is 14.0. The van der Waals surface area contributed by atoms with Crippen molar-refractivity contribution in [2.75, 3.05) is 13.2 Å². The quantitative estimate of drug-likeness (QED) is 0.791. The number of carbonyl (C=O) groups is 1. The Morgan fingerprint density at radius 2 is 1.92 bits per heavy atom. The van der Waals surface area contributed by atoms with Crippen molar-refractivity contribution in [2.24, 2.45) is 11.3 Å². The fourth-order valence-corrected chi connectivity index (χ4v) is 2.87. The number of hydrogen-bond acceptors (Lipinski definition) is 3. The first kappa shape index (κ1) is 20.4. The smallest absolute Gasteiger partial charge is 0.407 e. The number of carbonyl (C=O) groups excluding carboxylic acids is 1. The third-order valence-electron chi connectivity index (χ3n) is 3.71. The van der Waals surface area contributed by atoms with Gasteiger partial charge in [0, 0.05) is 12.0 Å². The largest absolute Gasteiger partial charge is 0.444 e. The molecule has 0 heterocycles. The Hall–Kier alpha value is -1.62. The molecule has 0 fully saturated rings. The summed E-state index contributed by atoms with van der Waals surface area (Å²) in [6.07, 6.45) is 0.482. The fraction of sp³-hybridized carbons (Fsp3) is 0.632. The van der Waals surface area contributed by atoms with Crippen LogP contribution in [0, 0.1) is 17.2 Å². The van der Waals surface area contributed by atoms with E-state index in [1.54, 1.807) is 39.0 Å². The van der Waals surface area contributed by atoms with E-state index >= 15 is 0 Å². The lowest BCUT2D eigenvalue weighted by Crippen LogP contribution is -2.44. The van der Waals surface area contributed by atoms with E-state index in [0.29, 0.717) is 24.3 Å². The summed E-state index contributed by atoms with van der Waals surface area (Å²) in [7, 11) is 0. The first-order valence-corrected chi connectivity index (χ1v) is 8.38. The summed E-state index contributed by atoms with van der Waals surface area (Å²) >= 11 is 0. The Kier molecular flexibility index (Phi) is 7.21. The molecule has 136 valence electrons. The van der Waals surface area contributed by atoms with Crippen LogP contribution >= 0.6 is 0 Å². The zero-order valence-electron chi connectivity index (χ0n) is 15.4. The van der Waals surface area contributed by atoms with Crippen LogP contribution in [-0.2, 0) is 11.2 Å². The Labute approximate surface area is 144 Å². The summed E-state index contributed by atoms with van der Waals surface area (Å²) in [5, 5.41) is 12.7. The molecule has 24 heavy (non-hydrogen) atoms. The zero-order valence-corrected chi connectivity index (χ0v) is 15.4. The SMILES string of the molecule is CC(C)CC(CO)(CNC(=O)OC(C)(C)C)Cc1ccccc1F. The minimum Gasteiger partial charge on any atom is -0.444 e. The van der Waals surface area contributed by atoms with Crippen molar-refractivity contribution >= 4 is 6.09 Å². The van der Waals surface area contributed by atoms with Crippen molar-refractivity contribution in [1.29, 1.82) is 0 Å². The van der Waals surface area contributed by atoms with Gasteiger partial charge >= 0.3 is 6.09 Å². The van der Waals surface area contributed by atoms with Crippen LogP contribution in [0.25, 0.3) is 0 Å². The van der Waals surface area contributed by atoms with E-state index in [0.717, 1.165) is 0 Å². The summed E-state index contributed by atoms with van der Waals surface area (Å²) in [6.45, 7) is 9.54. The van der Waals surface area contributed by atoms with Crippen LogP contribution in [0.15, 0.2) is 24.3 Å². The molecule has 0 radical (unpaired) electrons. The van der Waals surface area contributed by atoms with Crippen molar-refractivity contribution in [3.8, 4) is 0 Å². The normalized spacial score (nSPS) is 14.3. The van der Waals surface area contributed by atoms with Crippen LogP contribution in [0.3, 0.4) is 0 Å². The highest BCUT2D eigenvalue weighted by Crippen LogP contribution is 2.31. The van der Waals surface area contributed by atoms with Gasteiger partial charge in [-0.05, 0) is 51.2 Å². The Morgan fingerprint density at radius 3 is 2.42 bits per heavy atom. The molecule has 1 rings (SSSR count). The van der Waals surface area contributed by atoms with Crippen molar-refractivity contribution < 1.29 is 19.0 Å². The van der Waals surface area contributed by atoms with Crippen LogP contribution in [0.1, 0.15) is 46.6 Å². The first-order chi connectivity index (χ1) is 11.1. The van der Waals surface area contributed by atoms with Gasteiger partial charge < -0.3 is 15.2 Å². The molecule has 0 aliphatic carbocycles. The molecule has 1 unspecified atom stereocenters. The van der Waals surface area contributed by atoms with Gasteiger partial charge in [-0.25, -0.2) is 9.18 Å². The highest BCUT2D eigenvalue weighted by molar-refractivity contribution is 5.67. The molecule has 2 N–H and O–H groups in total. The van der Waals surface area contributed by atoms with Crippen molar-refractivity contribution in [2.45, 2.75) is 53.1 Å². The molecule has 1 atom stereocenters. The summed E-state index contributed by atoms with van der Waals surface area (Å²) in [4.78, 5) is 11.9. The second-order valence-corrected chi connectivity index (χ2v) is 7.88. The molecule has 0 aromatic heterocycles. The van der Waals surface area contributed by atoms with E-state index in [2.05, 4.69) is 5.32 Å². The lowest BCUT2D eigenvalue weighted by Gasteiger charge is -2.34. The molecule has 0 bridgehead atoms. The topological polar surface area (TPSA) is 58.6 Å². The molecule has 5 heteroatoms. The molecule has 0 aliphatic rings. The van der Waals surface area contributed by atoms with Gasteiger partial charge in [-0.3, -0.25) is 0 Å². The average molecular weight is 339 g/mol. The molecule has 1 aromatic rings. The number of benzene rings is 1. The van der Waals surface area contributed by atoms with Gasteiger partial charge in [0.2, 0.25) is 0 Å². The summed E-state index contributed by atoms with van der Waals surface area (Å²) in [5.41, 5.74) is -0.679. The van der Waals surface area contributed by atoms with E-state index in [9.17, 15) is 14.3 Å². The monoisotopic (exact) mass is 339 g/mol. The van der Waals surface area contributed by atoms with Crippen LogP contribution in [0.4, 0.5) is 9.18 Å². The van der Waals surface area contributed by atoms with E-state index in [-0.39, 0.29) is 19.0 Å². The Bertz CT molecular complexity index is 540. The average Bonchev–Trinajstić information content (AvgIpc) is 2.45. The van der Waals surface area contributed by atoms with Crippen LogP contribution < -0.4 is 5.32 Å². The summed E-state index contributed by atoms with van der Waals surface area (Å²) < 4.78 is 19.3. The van der Waals surface area contributed by atoms with Gasteiger partial charge in [-0.1, -0.05) is 32.0 Å². The second-order valence-electron chi connectivity index (χ2n) is 7.88. The van der Waals surface area contributed by atoms with E-state index in [1.165, 1.54) is 6.07 Å². The highest BCUT2D eigenvalue weighted by Gasteiger charge is 2.33. The maximum absolute atomic E-state index is 14.0. The number of rotatable bonds is 7. The number of aliphatic hydroxyl groups is 1. The Morgan fingerprint density at radius 1 is 1.29 bits per heavy atom. The highest BCUT2D eigenvalue weighted by atomic mass is 19.1. The third kappa shape index (κ3) is 6.87. The number of halogens is 1. The van der Waals surface area contributed by atoms with Gasteiger partial charge in [0.15, 0.2) is 0 Å². The fourth-order valence-electron chi connectivity index (χ4n) is 2.87. The third-order valence-corrected chi connectivity index (χ3v) is 3.71. The summed E-state index contributed by atoms with van der Waals surface area (Å²) in [5.74, 6) is 0.000657. The van der Waals surface area contributed by atoms with Gasteiger partial charge in [-0.2, -0.15) is 0 Å². The molecule has 4 nitrogen and oxygen atoms in total. The van der Waals surface area contributed by atoms with E-state index < -0.39 is 17.1 Å². The number of hydrogen-bond donors (Lipinski definition) is 2. The minimum absolute atomic E-state index is 0.144. The molecule has 0 saturated carbocycles. The number of alkyl carbamates (subject to hydrolysis) is 1. The first-order valence-electron chi connectivity index (χ1n) is 8.38. The van der Waals surface area contributed by atoms with E-state index in [1.807, 2.05) is 13.8 Å². The maximum Gasteiger partial charge on any atom is 0.407 e. The zero-order chi connectivity index (χ0) is 18.4. The van der Waals surface area contributed by atoms with Crippen molar-refractivity contribution in [1.82, 2.24) is 5.32 Å². The molecule has 0 saturated heterocycles. The second kappa shape index (κ2) is 8.47. The number of amides is 1. The van der Waals surface area contributed by atoms with Crippen LogP contribution in [0.2, 0.25) is 0 Å². The lowest BCUT2D eigenvalue weighted by atomic mass is 9.75. The predicted octanol–water partition coefficient (Wildman–Crippen LogP) is 3.92. The minimum atomic E-state index is -0.632. The molecule has 0 aliphatic heterocycles. The number of aliphatic hydroxyl groups excluding tert-OH is 1. The summed E-state index contributed by atoms with van der Waals surface area (Å²) in [6, 6.07) is 6.54. The van der Waals surface area contributed by atoms with Gasteiger partial charge in [0.25, 0.3) is 0 Å². The lowest BCUT2D eigenvalue weighted by molar-refractivity contribution is 0.0439. The van der Waals surface area contributed by atoms with Gasteiger partial charge in [0.1, 0.15) is 11.4 Å². The number of nitrogens with one attached hydrogen (secondary N) is 1. The van der Waals surface area contributed by atoms with Crippen molar-refractivity contribution in [3.63, 3.8) is 0 Å². The molecule has 0 spiro atoms. The van der Waals surface area contributed by atoms with Gasteiger partial charge in [-0.15, -0.1) is 0 Å². The van der Waals surface area contributed by atoms with E-state index in [4.69, 9.17) is 4.74 Å². The predicted molar refractivity (Wildman–Crippen MR) is 93.3 cm³/mol. The van der Waals surface area contributed by atoms with Crippen LogP contribution in [0.5, 0.6) is 0 Å².